The molecular weight excluding hydrogens is 876 g/mol. The number of hydrogen-bond acceptors (Lipinski definition) is 13. The van der Waals surface area contributed by atoms with Crippen molar-refractivity contribution in [2.75, 3.05) is 75.3 Å². The van der Waals surface area contributed by atoms with Gasteiger partial charge in [-0.1, -0.05) is 25.1 Å². The summed E-state index contributed by atoms with van der Waals surface area (Å²) < 4.78 is 23.7. The molecule has 8 heterocycles. The predicted octanol–water partition coefficient (Wildman–Crippen LogP) is 5.40. The first-order valence-electron chi connectivity index (χ1n) is 25.2. The Kier molecular flexibility index (Phi) is 10.2. The normalized spacial score (nSPS) is 25.3. The summed E-state index contributed by atoms with van der Waals surface area (Å²) in [6, 6.07) is 16.3. The maximum absolute atomic E-state index is 17.2. The summed E-state index contributed by atoms with van der Waals surface area (Å²) in [5.74, 6) is -0.606. The lowest BCUT2D eigenvalue weighted by atomic mass is 9.60. The van der Waals surface area contributed by atoms with E-state index in [1.807, 2.05) is 30.3 Å². The highest BCUT2D eigenvalue weighted by Crippen LogP contribution is 2.52. The Bertz CT molecular complexity index is 2930. The molecule has 13 rings (SSSR count). The Labute approximate surface area is 400 Å². The molecule has 15 nitrogen and oxygen atoms in total. The number of aromatic hydroxyl groups is 1. The Hall–Kier alpha value is -5.97. The molecule has 16 heteroatoms. The third-order valence-electron chi connectivity index (χ3n) is 17.1. The van der Waals surface area contributed by atoms with E-state index in [4.69, 9.17) is 19.7 Å². The average molecular weight is 935 g/mol. The van der Waals surface area contributed by atoms with E-state index in [1.54, 1.807) is 23.2 Å². The number of fused-ring (bicyclic) bond motifs is 5. The lowest BCUT2D eigenvalue weighted by Crippen LogP contribution is -2.68. The van der Waals surface area contributed by atoms with Crippen LogP contribution in [0.4, 0.5) is 15.9 Å². The predicted molar refractivity (Wildman–Crippen MR) is 259 cm³/mol. The molecule has 69 heavy (non-hydrogen) atoms. The molecule has 2 aliphatic carbocycles. The molecule has 8 aliphatic rings. The number of nitrogens with one attached hydrogen (secondary N) is 2. The molecule has 7 fully saturated rings. The molecule has 358 valence electrons. The Morgan fingerprint density at radius 1 is 0.913 bits per heavy atom. The highest BCUT2D eigenvalue weighted by Gasteiger charge is 2.54. The molecule has 5 saturated heterocycles. The number of hydrogen-bond donors (Lipinski definition) is 3. The Balaban J connectivity index is 0.647. The van der Waals surface area contributed by atoms with Gasteiger partial charge in [-0.3, -0.25) is 29.6 Å². The van der Waals surface area contributed by atoms with Crippen molar-refractivity contribution in [3.05, 3.63) is 77.2 Å². The second-order valence-corrected chi connectivity index (χ2v) is 21.7. The second kappa shape index (κ2) is 16.3. The summed E-state index contributed by atoms with van der Waals surface area (Å²) in [5.41, 5.74) is 5.04. The molecule has 3 N–H and O–H groups in total. The monoisotopic (exact) mass is 934 g/mol. The van der Waals surface area contributed by atoms with Crippen molar-refractivity contribution >= 4 is 50.9 Å². The van der Waals surface area contributed by atoms with Crippen molar-refractivity contribution in [3.8, 4) is 23.0 Å². The van der Waals surface area contributed by atoms with Crippen LogP contribution in [-0.2, 0) is 22.6 Å². The van der Waals surface area contributed by atoms with Crippen molar-refractivity contribution in [2.24, 2.45) is 10.8 Å². The molecular formula is C53H59FN10O5. The van der Waals surface area contributed by atoms with Crippen LogP contribution in [0.15, 0.2) is 54.7 Å². The van der Waals surface area contributed by atoms with Crippen LogP contribution < -0.4 is 25.2 Å². The molecule has 2 aromatic heterocycles. The number of aryl methyl sites for hydroxylation is 1. The fourth-order valence-corrected chi connectivity index (χ4v) is 13.1. The summed E-state index contributed by atoms with van der Waals surface area (Å²) in [5, 5.41) is 19.2. The number of rotatable bonds is 11. The molecule has 3 aromatic carbocycles. The summed E-state index contributed by atoms with van der Waals surface area (Å²) in [6.07, 6.45) is 9.84. The van der Waals surface area contributed by atoms with Crippen molar-refractivity contribution in [2.45, 2.75) is 95.4 Å². The Morgan fingerprint density at radius 2 is 1.71 bits per heavy atom. The van der Waals surface area contributed by atoms with Gasteiger partial charge in [0.05, 0.1) is 12.0 Å². The van der Waals surface area contributed by atoms with Gasteiger partial charge in [-0.05, 0) is 104 Å². The smallest absolute Gasteiger partial charge is 0.319 e. The molecule has 1 spiro atoms. The van der Waals surface area contributed by atoms with Gasteiger partial charge in [0.15, 0.2) is 5.82 Å². The number of phenolic OH excluding ortho intramolecular Hbond substituents is 1. The second-order valence-electron chi connectivity index (χ2n) is 21.7. The molecule has 3 unspecified atom stereocenters. The van der Waals surface area contributed by atoms with Crippen molar-refractivity contribution in [1.29, 1.82) is 0 Å². The number of piperazine rings is 2. The topological polar surface area (TPSA) is 160 Å². The zero-order chi connectivity index (χ0) is 46.8. The average Bonchev–Trinajstić information content (AvgIpc) is 3.90. The lowest BCUT2D eigenvalue weighted by Gasteiger charge is -2.62. The first-order valence-corrected chi connectivity index (χ1v) is 25.2. The third-order valence-corrected chi connectivity index (χ3v) is 17.1. The van der Waals surface area contributed by atoms with Crippen LogP contribution in [0.2, 0.25) is 0 Å². The van der Waals surface area contributed by atoms with Gasteiger partial charge in [0.2, 0.25) is 11.8 Å². The highest BCUT2D eigenvalue weighted by molar-refractivity contribution is 6.06. The van der Waals surface area contributed by atoms with Gasteiger partial charge < -0.3 is 34.8 Å². The van der Waals surface area contributed by atoms with Crippen LogP contribution in [0.3, 0.4) is 0 Å². The largest absolute Gasteiger partial charge is 0.508 e. The number of ether oxygens (including phenoxy) is 1. The number of imide groups is 1. The minimum atomic E-state index is -0.601. The van der Waals surface area contributed by atoms with E-state index in [2.05, 4.69) is 43.2 Å². The highest BCUT2D eigenvalue weighted by atomic mass is 19.1. The van der Waals surface area contributed by atoms with Gasteiger partial charge in [0.1, 0.15) is 28.8 Å². The fraction of sp³-hybridized carbons (Fsp3) is 0.509. The minimum absolute atomic E-state index is 0.0117. The molecule has 3 atom stereocenters. The van der Waals surface area contributed by atoms with Gasteiger partial charge >= 0.3 is 6.01 Å². The first kappa shape index (κ1) is 43.1. The molecule has 6 aliphatic heterocycles. The molecule has 5 aromatic rings. The van der Waals surface area contributed by atoms with Crippen molar-refractivity contribution in [1.82, 2.24) is 40.3 Å². The maximum Gasteiger partial charge on any atom is 0.319 e. The van der Waals surface area contributed by atoms with E-state index < -0.39 is 11.9 Å². The molecule has 2 bridgehead atoms. The number of benzene rings is 3. The number of nitrogens with zero attached hydrogens (tertiary/aromatic N) is 8. The quantitative estimate of drug-likeness (QED) is 0.145. The van der Waals surface area contributed by atoms with Crippen LogP contribution in [0.1, 0.15) is 79.8 Å². The molecule has 3 amide bonds. The zero-order valence-corrected chi connectivity index (χ0v) is 39.2. The number of amides is 3. The molecule has 0 radical (unpaired) electrons. The van der Waals surface area contributed by atoms with Crippen LogP contribution in [-0.4, -0.2) is 142 Å². The number of pyridine rings is 1. The van der Waals surface area contributed by atoms with E-state index in [0.717, 1.165) is 119 Å². The Morgan fingerprint density at radius 3 is 2.46 bits per heavy atom. The molecule has 2 saturated carbocycles. The number of halogens is 1. The summed E-state index contributed by atoms with van der Waals surface area (Å²) >= 11 is 0. The minimum Gasteiger partial charge on any atom is -0.508 e. The summed E-state index contributed by atoms with van der Waals surface area (Å²) in [4.78, 5) is 63.6. The number of carbonyl (C=O) groups excluding carboxylic acids is 3. The van der Waals surface area contributed by atoms with Gasteiger partial charge in [-0.15, -0.1) is 0 Å². The van der Waals surface area contributed by atoms with Crippen molar-refractivity contribution in [3.63, 3.8) is 0 Å². The maximum atomic E-state index is 17.2. The third kappa shape index (κ3) is 7.55. The van der Waals surface area contributed by atoms with Gasteiger partial charge in [-0.25, -0.2) is 4.39 Å². The van der Waals surface area contributed by atoms with Crippen LogP contribution in [0, 0.1) is 16.6 Å². The first-order chi connectivity index (χ1) is 33.5. The number of aromatic nitrogens is 3. The number of piperidine rings is 1. The van der Waals surface area contributed by atoms with E-state index in [-0.39, 0.29) is 52.5 Å². The van der Waals surface area contributed by atoms with Crippen LogP contribution in [0.25, 0.3) is 32.9 Å². The van der Waals surface area contributed by atoms with Crippen LogP contribution in [0.5, 0.6) is 11.8 Å². The van der Waals surface area contributed by atoms with E-state index in [1.165, 1.54) is 12.8 Å². The van der Waals surface area contributed by atoms with E-state index >= 15 is 4.39 Å². The van der Waals surface area contributed by atoms with Gasteiger partial charge in [0, 0.05) is 124 Å². The van der Waals surface area contributed by atoms with Crippen molar-refractivity contribution < 1.29 is 28.6 Å². The number of phenols is 1. The van der Waals surface area contributed by atoms with Gasteiger partial charge in [0.25, 0.3) is 5.91 Å². The standard InChI is InChI=1S/C53H59FN10O5/c1-2-31-4-3-5-32-19-38(65)20-40(44(31)32)46-45(54)47-41(23-55-46)48(62-25-34-6-7-35(26-62)56-34)59-51(58-47)69-30-52(12-13-52)27-60-14-16-61(17-15-60)37-21-53(22-37)28-63(29-53)36-8-9-39-33(18-36)24-64(50(39)68)42-10-11-43(66)57-49(42)67/h3-5,8-9,18-20,23,34-35,37,42,56,65H,2,6-7,10-17,21-22,24-30H2,1H3,(H,57,66,67). The fourth-order valence-electron chi connectivity index (χ4n) is 13.1. The SMILES string of the molecule is CCc1cccc2cc(O)cc(-c3ncc4c(N5CC6CCC(C5)N6)nc(OCC5(CN6CCN(C7CC8(C7)CN(c7ccc9c(c7)CN(C7CCC(=O)NC7=O)C9=O)C8)CC6)CC5)nc4c3F)c12. The van der Waals surface area contributed by atoms with E-state index in [0.29, 0.717) is 65.4 Å². The zero-order valence-electron chi connectivity index (χ0n) is 39.2. The summed E-state index contributed by atoms with van der Waals surface area (Å²) in [6.45, 7) is 11.6. The number of carbonyl (C=O) groups is 3. The lowest BCUT2D eigenvalue weighted by molar-refractivity contribution is -0.136. The van der Waals surface area contributed by atoms with Crippen LogP contribution >= 0.6 is 0 Å². The number of anilines is 2. The van der Waals surface area contributed by atoms with Gasteiger partial charge in [-0.2, -0.15) is 9.97 Å². The summed E-state index contributed by atoms with van der Waals surface area (Å²) in [7, 11) is 0. The van der Waals surface area contributed by atoms with E-state index in [9.17, 15) is 19.5 Å².